The van der Waals surface area contributed by atoms with Crippen molar-refractivity contribution in [3.05, 3.63) is 59.1 Å². The van der Waals surface area contributed by atoms with E-state index in [0.717, 1.165) is 11.3 Å². The number of hydrogen-bond acceptors (Lipinski definition) is 1. The fraction of sp³-hybridized carbons (Fsp3) is 0.381. The van der Waals surface area contributed by atoms with Gasteiger partial charge in [0, 0.05) is 22.8 Å². The fourth-order valence-electron chi connectivity index (χ4n) is 3.13. The van der Waals surface area contributed by atoms with Crippen LogP contribution in [0.1, 0.15) is 41.5 Å². The number of benzene rings is 2. The average Bonchev–Trinajstić information content (AvgIpc) is 2.84. The first-order chi connectivity index (χ1) is 11.1. The predicted molar refractivity (Wildman–Crippen MR) is 102 cm³/mol. The van der Waals surface area contributed by atoms with Gasteiger partial charge in [-0.3, -0.25) is 9.13 Å². The number of imidazole rings is 1. The first-order valence-electron chi connectivity index (χ1n) is 8.43. The molecule has 0 bridgehead atoms. The highest BCUT2D eigenvalue weighted by atomic mass is 16.2. The van der Waals surface area contributed by atoms with Gasteiger partial charge in [-0.1, -0.05) is 36.4 Å². The molecule has 0 amide bonds. The van der Waals surface area contributed by atoms with Gasteiger partial charge in [-0.25, -0.2) is 4.79 Å². The van der Waals surface area contributed by atoms with Crippen molar-refractivity contribution in [2.75, 3.05) is 0 Å². The summed E-state index contributed by atoms with van der Waals surface area (Å²) in [6.45, 7) is 12.4. The van der Waals surface area contributed by atoms with Gasteiger partial charge in [-0.15, -0.1) is 0 Å². The largest absolute Gasteiger partial charge is 0.329 e. The summed E-state index contributed by atoms with van der Waals surface area (Å²) in [7, 11) is 0. The second-order valence-electron chi connectivity index (χ2n) is 8.41. The van der Waals surface area contributed by atoms with Gasteiger partial charge in [-0.2, -0.15) is 0 Å². The molecule has 0 unspecified atom stereocenters. The first kappa shape index (κ1) is 16.6. The molecule has 126 valence electrons. The van der Waals surface area contributed by atoms with Crippen molar-refractivity contribution in [3.63, 3.8) is 0 Å². The van der Waals surface area contributed by atoms with E-state index in [1.54, 1.807) is 0 Å². The Hall–Kier alpha value is -2.29. The van der Waals surface area contributed by atoms with Crippen LogP contribution in [0, 0.1) is 0 Å². The van der Waals surface area contributed by atoms with Crippen molar-refractivity contribution < 1.29 is 0 Å². The molecule has 0 saturated carbocycles. The second-order valence-corrected chi connectivity index (χ2v) is 8.41. The number of hydrogen-bond donors (Lipinski definition) is 0. The SMILES string of the molecule is CC(C)(C)n1cc(-c2ccc3ccccc3c2)n(C(C)(C)C)c1=O. The average molecular weight is 322 g/mol. The van der Waals surface area contributed by atoms with Gasteiger partial charge in [-0.05, 0) is 58.4 Å². The Kier molecular flexibility index (Phi) is 3.71. The summed E-state index contributed by atoms with van der Waals surface area (Å²) in [6.07, 6.45) is 2.00. The summed E-state index contributed by atoms with van der Waals surface area (Å²) in [4.78, 5) is 13.0. The molecule has 3 nitrogen and oxygen atoms in total. The van der Waals surface area contributed by atoms with E-state index in [2.05, 4.69) is 71.9 Å². The van der Waals surface area contributed by atoms with E-state index in [1.165, 1.54) is 10.8 Å². The maximum atomic E-state index is 13.0. The highest BCUT2D eigenvalue weighted by Crippen LogP contribution is 2.29. The fourth-order valence-corrected chi connectivity index (χ4v) is 3.13. The van der Waals surface area contributed by atoms with Crippen molar-refractivity contribution in [3.8, 4) is 11.3 Å². The van der Waals surface area contributed by atoms with Crippen LogP contribution < -0.4 is 5.69 Å². The summed E-state index contributed by atoms with van der Waals surface area (Å²) in [5.41, 5.74) is 1.54. The van der Waals surface area contributed by atoms with Crippen molar-refractivity contribution in [1.82, 2.24) is 9.13 Å². The third-order valence-electron chi connectivity index (χ3n) is 4.33. The van der Waals surface area contributed by atoms with E-state index in [1.807, 2.05) is 27.5 Å². The van der Waals surface area contributed by atoms with Crippen LogP contribution in [-0.2, 0) is 11.1 Å². The molecular weight excluding hydrogens is 296 g/mol. The minimum Gasteiger partial charge on any atom is -0.293 e. The summed E-state index contributed by atoms with van der Waals surface area (Å²) in [5.74, 6) is 0. The van der Waals surface area contributed by atoms with E-state index in [4.69, 9.17) is 0 Å². The van der Waals surface area contributed by atoms with Crippen molar-refractivity contribution in [1.29, 1.82) is 0 Å². The molecule has 0 spiro atoms. The quantitative estimate of drug-likeness (QED) is 0.620. The zero-order valence-corrected chi connectivity index (χ0v) is 15.4. The van der Waals surface area contributed by atoms with E-state index in [-0.39, 0.29) is 16.8 Å². The Morgan fingerprint density at radius 1 is 0.792 bits per heavy atom. The summed E-state index contributed by atoms with van der Waals surface area (Å²) in [6, 6.07) is 14.7. The van der Waals surface area contributed by atoms with Gasteiger partial charge in [0.25, 0.3) is 0 Å². The molecule has 0 aliphatic carbocycles. The normalized spacial score (nSPS) is 12.8. The molecule has 0 N–H and O–H groups in total. The molecule has 3 aromatic rings. The van der Waals surface area contributed by atoms with Crippen LogP contribution in [-0.4, -0.2) is 9.13 Å². The molecule has 0 fully saturated rings. The lowest BCUT2D eigenvalue weighted by Crippen LogP contribution is -2.39. The highest BCUT2D eigenvalue weighted by Gasteiger charge is 2.27. The number of aromatic nitrogens is 2. The molecular formula is C21H26N2O. The van der Waals surface area contributed by atoms with Crippen molar-refractivity contribution in [2.24, 2.45) is 0 Å². The monoisotopic (exact) mass is 322 g/mol. The molecule has 3 heteroatoms. The molecule has 3 rings (SSSR count). The Balaban J connectivity index is 2.31. The molecule has 0 radical (unpaired) electrons. The van der Waals surface area contributed by atoms with E-state index < -0.39 is 0 Å². The predicted octanol–water partition coefficient (Wildman–Crippen LogP) is 4.98. The van der Waals surface area contributed by atoms with Crippen molar-refractivity contribution >= 4 is 10.8 Å². The molecule has 1 aromatic heterocycles. The van der Waals surface area contributed by atoms with E-state index >= 15 is 0 Å². The lowest BCUT2D eigenvalue weighted by atomic mass is 10.0. The first-order valence-corrected chi connectivity index (χ1v) is 8.43. The molecule has 0 aliphatic rings. The molecule has 0 atom stereocenters. The summed E-state index contributed by atoms with van der Waals surface area (Å²) < 4.78 is 3.74. The molecule has 24 heavy (non-hydrogen) atoms. The molecule has 0 aliphatic heterocycles. The van der Waals surface area contributed by atoms with Crippen molar-refractivity contribution in [2.45, 2.75) is 52.6 Å². The lowest BCUT2D eigenvalue weighted by molar-refractivity contribution is 0.343. The Morgan fingerprint density at radius 3 is 2.00 bits per heavy atom. The molecule has 2 aromatic carbocycles. The minimum atomic E-state index is -0.283. The maximum absolute atomic E-state index is 13.0. The van der Waals surface area contributed by atoms with Crippen LogP contribution in [0.4, 0.5) is 0 Å². The van der Waals surface area contributed by atoms with Crippen LogP contribution in [0.2, 0.25) is 0 Å². The van der Waals surface area contributed by atoms with Gasteiger partial charge >= 0.3 is 5.69 Å². The Bertz CT molecular complexity index is 946. The zero-order valence-electron chi connectivity index (χ0n) is 15.4. The zero-order chi connectivity index (χ0) is 17.7. The van der Waals surface area contributed by atoms with Crippen LogP contribution in [0.15, 0.2) is 53.5 Å². The van der Waals surface area contributed by atoms with Gasteiger partial charge in [0.1, 0.15) is 0 Å². The minimum absolute atomic E-state index is 0.0400. The van der Waals surface area contributed by atoms with Gasteiger partial charge in [0.15, 0.2) is 0 Å². The van der Waals surface area contributed by atoms with Gasteiger partial charge in [0.2, 0.25) is 0 Å². The maximum Gasteiger partial charge on any atom is 0.329 e. The van der Waals surface area contributed by atoms with E-state index in [0.29, 0.717) is 0 Å². The summed E-state index contributed by atoms with van der Waals surface area (Å²) >= 11 is 0. The standard InChI is InChI=1S/C21H26N2O/c1-20(2,3)22-14-18(23(19(22)24)21(4,5)6)17-12-11-15-9-7-8-10-16(15)13-17/h7-14H,1-6H3. The second kappa shape index (κ2) is 5.37. The third-order valence-corrected chi connectivity index (χ3v) is 4.33. The topological polar surface area (TPSA) is 26.9 Å². The van der Waals surface area contributed by atoms with Crippen LogP contribution in [0.25, 0.3) is 22.0 Å². The van der Waals surface area contributed by atoms with Gasteiger partial charge < -0.3 is 0 Å². The number of rotatable bonds is 1. The summed E-state index contributed by atoms with van der Waals surface area (Å²) in [5, 5.41) is 2.40. The third kappa shape index (κ3) is 2.79. The van der Waals surface area contributed by atoms with Crippen LogP contribution in [0.5, 0.6) is 0 Å². The van der Waals surface area contributed by atoms with Crippen LogP contribution >= 0.6 is 0 Å². The molecule has 1 heterocycles. The number of nitrogens with zero attached hydrogens (tertiary/aromatic N) is 2. The molecule has 0 saturated heterocycles. The van der Waals surface area contributed by atoms with Crippen LogP contribution in [0.3, 0.4) is 0 Å². The Labute approximate surface area is 143 Å². The smallest absolute Gasteiger partial charge is 0.293 e. The number of fused-ring (bicyclic) bond motifs is 1. The van der Waals surface area contributed by atoms with Gasteiger partial charge in [0.05, 0.1) is 5.69 Å². The highest BCUT2D eigenvalue weighted by molar-refractivity contribution is 5.86. The lowest BCUT2D eigenvalue weighted by Gasteiger charge is -2.23. The Morgan fingerprint density at radius 2 is 1.42 bits per heavy atom. The van der Waals surface area contributed by atoms with E-state index in [9.17, 15) is 4.79 Å².